The number of rotatable bonds is 2. The Balaban J connectivity index is 1.95. The first-order chi connectivity index (χ1) is 9.54. The molecule has 0 fully saturated rings. The molecule has 0 saturated carbocycles. The van der Waals surface area contributed by atoms with E-state index in [4.69, 9.17) is 23.2 Å². The number of fused-ring (bicyclic) bond motifs is 1. The van der Waals surface area contributed by atoms with E-state index < -0.39 is 0 Å². The smallest absolute Gasteiger partial charge is 0.138 e. The number of imidazole rings is 1. The number of aromatic nitrogens is 2. The fourth-order valence-electron chi connectivity index (χ4n) is 2.22. The van der Waals surface area contributed by atoms with E-state index in [2.05, 4.69) is 34.9 Å². The minimum Gasteiger partial charge on any atom is -0.369 e. The van der Waals surface area contributed by atoms with Gasteiger partial charge in [0.25, 0.3) is 0 Å². The Labute approximate surface area is 128 Å². The monoisotopic (exact) mass is 307 g/mol. The summed E-state index contributed by atoms with van der Waals surface area (Å²) in [5, 5.41) is 1.09. The van der Waals surface area contributed by atoms with Crippen LogP contribution in [0.1, 0.15) is 25.2 Å². The Bertz CT molecular complexity index is 674. The van der Waals surface area contributed by atoms with Gasteiger partial charge >= 0.3 is 0 Å². The fourth-order valence-corrected chi connectivity index (χ4v) is 2.52. The maximum atomic E-state index is 6.06. The molecule has 3 nitrogen and oxygen atoms in total. The Hall–Kier alpha value is -1.45. The normalized spacial score (nSPS) is 13.9. The Morgan fingerprint density at radius 2 is 2.05 bits per heavy atom. The highest BCUT2D eigenvalue weighted by Gasteiger charge is 2.17. The minimum absolute atomic E-state index is 0.469. The Morgan fingerprint density at radius 3 is 2.75 bits per heavy atom. The van der Waals surface area contributed by atoms with Gasteiger partial charge in [-0.1, -0.05) is 23.2 Å². The number of halogens is 2. The van der Waals surface area contributed by atoms with Gasteiger partial charge < -0.3 is 9.88 Å². The van der Waals surface area contributed by atoms with Crippen molar-refractivity contribution in [2.45, 2.75) is 26.4 Å². The van der Waals surface area contributed by atoms with Gasteiger partial charge in [-0.25, -0.2) is 4.98 Å². The van der Waals surface area contributed by atoms with E-state index in [9.17, 15) is 0 Å². The zero-order chi connectivity index (χ0) is 14.3. The number of hydrogen-bond acceptors (Lipinski definition) is 2. The number of H-pyrrole nitrogens is 1. The zero-order valence-corrected chi connectivity index (χ0v) is 12.8. The molecular formula is C15H15Cl2N3. The fraction of sp³-hybridized carbons (Fsp3) is 0.267. The molecule has 0 radical (unpaired) electrons. The van der Waals surface area contributed by atoms with E-state index in [-0.39, 0.29) is 0 Å². The molecule has 0 unspecified atom stereocenters. The first kappa shape index (κ1) is 13.5. The standard InChI is InChI=1S/C15H15Cl2N3/c1-9(2)20-6-5-13-14(8-20)19-15(18-13)10-3-4-11(16)12(17)7-10/h3-7,9H,8H2,1-2H3,(H,18,19). The van der Waals surface area contributed by atoms with Gasteiger partial charge in [-0.05, 0) is 38.1 Å². The molecule has 2 heterocycles. The maximum absolute atomic E-state index is 6.06. The molecule has 0 amide bonds. The van der Waals surface area contributed by atoms with Gasteiger partial charge in [0, 0.05) is 17.8 Å². The van der Waals surface area contributed by atoms with E-state index in [0.29, 0.717) is 16.1 Å². The van der Waals surface area contributed by atoms with Crippen molar-refractivity contribution in [3.8, 4) is 11.4 Å². The van der Waals surface area contributed by atoms with Crippen LogP contribution in [-0.4, -0.2) is 20.9 Å². The SMILES string of the molecule is CC(C)N1C=Cc2nc(-c3ccc(Cl)c(Cl)c3)[nH]c2C1. The quantitative estimate of drug-likeness (QED) is 0.880. The van der Waals surface area contributed by atoms with Crippen molar-refractivity contribution in [1.29, 1.82) is 0 Å². The lowest BCUT2D eigenvalue weighted by atomic mass is 10.2. The molecule has 104 valence electrons. The average molecular weight is 308 g/mol. The van der Waals surface area contributed by atoms with Crippen LogP contribution in [0.2, 0.25) is 10.0 Å². The van der Waals surface area contributed by atoms with Crippen LogP contribution in [0.25, 0.3) is 17.5 Å². The van der Waals surface area contributed by atoms with Crippen molar-refractivity contribution >= 4 is 29.3 Å². The molecule has 1 aliphatic heterocycles. The molecule has 1 N–H and O–H groups in total. The van der Waals surface area contributed by atoms with Crippen LogP contribution in [0.15, 0.2) is 24.4 Å². The summed E-state index contributed by atoms with van der Waals surface area (Å²) >= 11 is 12.0. The summed E-state index contributed by atoms with van der Waals surface area (Å²) in [5.41, 5.74) is 3.06. The molecule has 1 aromatic heterocycles. The van der Waals surface area contributed by atoms with Crippen molar-refractivity contribution in [1.82, 2.24) is 14.9 Å². The molecule has 0 atom stereocenters. The molecule has 0 bridgehead atoms. The van der Waals surface area contributed by atoms with Crippen molar-refractivity contribution in [2.75, 3.05) is 0 Å². The summed E-state index contributed by atoms with van der Waals surface area (Å²) in [6.07, 6.45) is 4.13. The number of benzene rings is 1. The molecule has 20 heavy (non-hydrogen) atoms. The Morgan fingerprint density at radius 1 is 1.25 bits per heavy atom. The van der Waals surface area contributed by atoms with Crippen LogP contribution in [0.4, 0.5) is 0 Å². The molecular weight excluding hydrogens is 293 g/mol. The van der Waals surface area contributed by atoms with E-state index in [0.717, 1.165) is 29.3 Å². The first-order valence-electron chi connectivity index (χ1n) is 6.53. The molecule has 0 saturated heterocycles. The highest BCUT2D eigenvalue weighted by molar-refractivity contribution is 6.42. The van der Waals surface area contributed by atoms with Gasteiger partial charge in [-0.15, -0.1) is 0 Å². The van der Waals surface area contributed by atoms with Gasteiger partial charge in [-0.2, -0.15) is 0 Å². The third kappa shape index (κ3) is 2.43. The van der Waals surface area contributed by atoms with Crippen LogP contribution in [0.5, 0.6) is 0 Å². The van der Waals surface area contributed by atoms with E-state index in [1.54, 1.807) is 6.07 Å². The maximum Gasteiger partial charge on any atom is 0.138 e. The molecule has 0 spiro atoms. The van der Waals surface area contributed by atoms with Crippen molar-refractivity contribution in [3.05, 3.63) is 45.8 Å². The van der Waals surface area contributed by atoms with Gasteiger partial charge in [0.05, 0.1) is 28.0 Å². The molecule has 3 rings (SSSR count). The molecule has 1 aliphatic rings. The van der Waals surface area contributed by atoms with Crippen LogP contribution in [0, 0.1) is 0 Å². The summed E-state index contributed by atoms with van der Waals surface area (Å²) in [4.78, 5) is 10.3. The summed E-state index contributed by atoms with van der Waals surface area (Å²) in [6.45, 7) is 5.19. The van der Waals surface area contributed by atoms with E-state index in [1.165, 1.54) is 0 Å². The van der Waals surface area contributed by atoms with Gasteiger partial charge in [-0.3, -0.25) is 0 Å². The predicted octanol–water partition coefficient (Wildman–Crippen LogP) is 4.58. The second-order valence-electron chi connectivity index (χ2n) is 5.16. The van der Waals surface area contributed by atoms with Crippen LogP contribution >= 0.6 is 23.2 Å². The number of nitrogens with zero attached hydrogens (tertiary/aromatic N) is 2. The lowest BCUT2D eigenvalue weighted by Gasteiger charge is -2.26. The van der Waals surface area contributed by atoms with Crippen LogP contribution in [0.3, 0.4) is 0 Å². The largest absolute Gasteiger partial charge is 0.369 e. The second-order valence-corrected chi connectivity index (χ2v) is 5.97. The highest BCUT2D eigenvalue weighted by atomic mass is 35.5. The topological polar surface area (TPSA) is 31.9 Å². The van der Waals surface area contributed by atoms with Crippen LogP contribution in [-0.2, 0) is 6.54 Å². The summed E-state index contributed by atoms with van der Waals surface area (Å²) in [5.74, 6) is 0.823. The lowest BCUT2D eigenvalue weighted by molar-refractivity contribution is 0.298. The third-order valence-corrected chi connectivity index (χ3v) is 4.17. The molecule has 1 aromatic carbocycles. The predicted molar refractivity (Wildman–Crippen MR) is 83.8 cm³/mol. The van der Waals surface area contributed by atoms with Gasteiger partial charge in [0.2, 0.25) is 0 Å². The summed E-state index contributed by atoms with van der Waals surface area (Å²) < 4.78 is 0. The minimum atomic E-state index is 0.469. The first-order valence-corrected chi connectivity index (χ1v) is 7.28. The van der Waals surface area contributed by atoms with E-state index in [1.807, 2.05) is 18.2 Å². The Kier molecular flexibility index (Phi) is 3.48. The molecule has 2 aromatic rings. The average Bonchev–Trinajstić information content (AvgIpc) is 2.84. The summed E-state index contributed by atoms with van der Waals surface area (Å²) in [6, 6.07) is 6.01. The number of aromatic amines is 1. The third-order valence-electron chi connectivity index (χ3n) is 3.43. The summed E-state index contributed by atoms with van der Waals surface area (Å²) in [7, 11) is 0. The zero-order valence-electron chi connectivity index (χ0n) is 11.3. The highest BCUT2D eigenvalue weighted by Crippen LogP contribution is 2.29. The lowest BCUT2D eigenvalue weighted by Crippen LogP contribution is -2.26. The number of hydrogen-bond donors (Lipinski definition) is 1. The number of nitrogens with one attached hydrogen (secondary N) is 1. The van der Waals surface area contributed by atoms with Crippen molar-refractivity contribution in [2.24, 2.45) is 0 Å². The van der Waals surface area contributed by atoms with Crippen molar-refractivity contribution in [3.63, 3.8) is 0 Å². The van der Waals surface area contributed by atoms with Crippen LogP contribution < -0.4 is 0 Å². The van der Waals surface area contributed by atoms with E-state index >= 15 is 0 Å². The second kappa shape index (κ2) is 5.15. The molecule has 5 heteroatoms. The van der Waals surface area contributed by atoms with Gasteiger partial charge in [0.1, 0.15) is 5.82 Å². The van der Waals surface area contributed by atoms with Crippen molar-refractivity contribution < 1.29 is 0 Å². The van der Waals surface area contributed by atoms with Gasteiger partial charge in [0.15, 0.2) is 0 Å². The molecule has 0 aliphatic carbocycles.